The lowest BCUT2D eigenvalue weighted by atomic mass is 10.1. The fourth-order valence-electron chi connectivity index (χ4n) is 2.14. The van der Waals surface area contributed by atoms with Gasteiger partial charge < -0.3 is 16.2 Å². The van der Waals surface area contributed by atoms with E-state index in [9.17, 15) is 9.90 Å². The molecule has 1 amide bonds. The maximum Gasteiger partial charge on any atom is 0.231 e. The number of rotatable bonds is 5. The van der Waals surface area contributed by atoms with Crippen LogP contribution in [0.5, 0.6) is 5.75 Å². The summed E-state index contributed by atoms with van der Waals surface area (Å²) in [7, 11) is 0. The molecule has 24 heavy (non-hydrogen) atoms. The summed E-state index contributed by atoms with van der Waals surface area (Å²) in [4.78, 5) is 20.5. The van der Waals surface area contributed by atoms with Gasteiger partial charge in [-0.25, -0.2) is 9.97 Å². The number of carbonyl (C=O) groups is 1. The van der Waals surface area contributed by atoms with E-state index in [0.29, 0.717) is 12.2 Å². The molecule has 1 aromatic carbocycles. The number of aromatic hydroxyl groups is 1. The molecule has 0 saturated heterocycles. The Balaban J connectivity index is 1.67. The van der Waals surface area contributed by atoms with Crippen LogP contribution >= 0.6 is 11.3 Å². The van der Waals surface area contributed by atoms with Crippen LogP contribution < -0.4 is 11.1 Å². The topological polar surface area (TPSA) is 101 Å². The fraction of sp³-hybridized carbons (Fsp3) is 0.118. The van der Waals surface area contributed by atoms with E-state index in [1.54, 1.807) is 6.07 Å². The zero-order chi connectivity index (χ0) is 16.9. The van der Waals surface area contributed by atoms with Gasteiger partial charge in [-0.2, -0.15) is 0 Å². The van der Waals surface area contributed by atoms with Crippen molar-refractivity contribution in [2.75, 3.05) is 5.32 Å². The van der Waals surface area contributed by atoms with Crippen LogP contribution in [-0.4, -0.2) is 21.0 Å². The van der Waals surface area contributed by atoms with Crippen molar-refractivity contribution in [2.45, 2.75) is 13.0 Å². The van der Waals surface area contributed by atoms with Crippen LogP contribution in [0.25, 0.3) is 10.6 Å². The summed E-state index contributed by atoms with van der Waals surface area (Å²) in [5.41, 5.74) is 8.32. The molecular weight excluding hydrogens is 324 g/mol. The van der Waals surface area contributed by atoms with Gasteiger partial charge in [0, 0.05) is 23.7 Å². The minimum absolute atomic E-state index is 0.0650. The van der Waals surface area contributed by atoms with Gasteiger partial charge in [0.15, 0.2) is 11.6 Å². The maximum absolute atomic E-state index is 12.1. The molecule has 2 heterocycles. The Labute approximate surface area is 143 Å². The molecule has 0 unspecified atom stereocenters. The smallest absolute Gasteiger partial charge is 0.231 e. The number of anilines is 1. The quantitative estimate of drug-likeness (QED) is 0.662. The molecule has 0 atom stereocenters. The summed E-state index contributed by atoms with van der Waals surface area (Å²) in [6.07, 6.45) is 1.62. The van der Waals surface area contributed by atoms with Gasteiger partial charge in [0.05, 0.1) is 12.1 Å². The van der Waals surface area contributed by atoms with E-state index in [2.05, 4.69) is 15.3 Å². The van der Waals surface area contributed by atoms with Crippen molar-refractivity contribution in [2.24, 2.45) is 5.73 Å². The first kappa shape index (κ1) is 16.1. The first-order chi connectivity index (χ1) is 11.7. The third kappa shape index (κ3) is 3.76. The standard InChI is InChI=1S/C17H16N4O2S/c18-9-11-3-5-12(6-4-11)17-20-13(10-24-17)8-15(23)21-16-14(22)2-1-7-19-16/h1-7,10,22H,8-9,18H2,(H,19,21,23). The highest BCUT2D eigenvalue weighted by Crippen LogP contribution is 2.24. The second-order valence-electron chi connectivity index (χ2n) is 5.14. The van der Waals surface area contributed by atoms with Gasteiger partial charge in [-0.3, -0.25) is 4.79 Å². The van der Waals surface area contributed by atoms with Gasteiger partial charge in [-0.1, -0.05) is 24.3 Å². The molecule has 0 aliphatic heterocycles. The van der Waals surface area contributed by atoms with Crippen LogP contribution in [-0.2, 0) is 17.8 Å². The lowest BCUT2D eigenvalue weighted by Crippen LogP contribution is -2.15. The molecular formula is C17H16N4O2S. The molecule has 0 fully saturated rings. The van der Waals surface area contributed by atoms with Crippen LogP contribution in [0.15, 0.2) is 48.0 Å². The SMILES string of the molecule is NCc1ccc(-c2nc(CC(=O)Nc3ncccc3O)cs2)cc1. The summed E-state index contributed by atoms with van der Waals surface area (Å²) in [5, 5.41) is 14.9. The van der Waals surface area contributed by atoms with Gasteiger partial charge >= 0.3 is 0 Å². The number of carbonyl (C=O) groups excluding carboxylic acids is 1. The van der Waals surface area contributed by atoms with Crippen molar-refractivity contribution in [3.8, 4) is 16.3 Å². The summed E-state index contributed by atoms with van der Waals surface area (Å²) in [6.45, 7) is 0.504. The predicted octanol–water partition coefficient (Wildman–Crippen LogP) is 2.55. The molecule has 4 N–H and O–H groups in total. The Hall–Kier alpha value is -2.77. The summed E-state index contributed by atoms with van der Waals surface area (Å²) in [5.74, 6) is -0.195. The van der Waals surface area contributed by atoms with Crippen molar-refractivity contribution in [3.63, 3.8) is 0 Å². The highest BCUT2D eigenvalue weighted by atomic mass is 32.1. The average molecular weight is 340 g/mol. The maximum atomic E-state index is 12.1. The van der Waals surface area contributed by atoms with Gasteiger partial charge in [0.2, 0.25) is 5.91 Å². The second kappa shape index (κ2) is 7.20. The van der Waals surface area contributed by atoms with Gasteiger partial charge in [0.1, 0.15) is 5.01 Å². The van der Waals surface area contributed by atoms with Gasteiger partial charge in [-0.05, 0) is 17.7 Å². The number of thiazole rings is 1. The van der Waals surface area contributed by atoms with Gasteiger partial charge in [-0.15, -0.1) is 11.3 Å². The molecule has 7 heteroatoms. The fourth-order valence-corrected chi connectivity index (χ4v) is 2.96. The molecule has 0 radical (unpaired) electrons. The first-order valence-corrected chi connectivity index (χ1v) is 8.21. The molecule has 0 saturated carbocycles. The number of nitrogens with one attached hydrogen (secondary N) is 1. The highest BCUT2D eigenvalue weighted by Gasteiger charge is 2.11. The lowest BCUT2D eigenvalue weighted by molar-refractivity contribution is -0.115. The number of nitrogens with two attached hydrogens (primary N) is 1. The summed E-state index contributed by atoms with van der Waals surface area (Å²) < 4.78 is 0. The minimum Gasteiger partial charge on any atom is -0.504 e. The predicted molar refractivity (Wildman–Crippen MR) is 93.7 cm³/mol. The summed E-state index contributed by atoms with van der Waals surface area (Å²) >= 11 is 1.48. The van der Waals surface area contributed by atoms with E-state index >= 15 is 0 Å². The van der Waals surface area contributed by atoms with E-state index in [1.165, 1.54) is 23.6 Å². The third-order valence-corrected chi connectivity index (χ3v) is 4.31. The Morgan fingerprint density at radius 1 is 1.25 bits per heavy atom. The minimum atomic E-state index is -0.278. The Morgan fingerprint density at radius 3 is 2.75 bits per heavy atom. The second-order valence-corrected chi connectivity index (χ2v) is 6.00. The number of aromatic nitrogens is 2. The highest BCUT2D eigenvalue weighted by molar-refractivity contribution is 7.13. The van der Waals surface area contributed by atoms with Crippen LogP contribution in [0.4, 0.5) is 5.82 Å². The Kier molecular flexibility index (Phi) is 4.83. The van der Waals surface area contributed by atoms with Crippen molar-refractivity contribution in [3.05, 3.63) is 59.2 Å². The molecule has 6 nitrogen and oxygen atoms in total. The monoisotopic (exact) mass is 340 g/mol. The van der Waals surface area contributed by atoms with Crippen LogP contribution in [0.3, 0.4) is 0 Å². The molecule has 0 aliphatic rings. The zero-order valence-corrected chi connectivity index (χ0v) is 13.6. The van der Waals surface area contributed by atoms with E-state index in [4.69, 9.17) is 5.73 Å². The number of benzene rings is 1. The van der Waals surface area contributed by atoms with Crippen molar-refractivity contribution < 1.29 is 9.90 Å². The molecule has 0 bridgehead atoms. The first-order valence-electron chi connectivity index (χ1n) is 7.33. The van der Waals surface area contributed by atoms with Gasteiger partial charge in [0.25, 0.3) is 0 Å². The molecule has 2 aromatic heterocycles. The number of hydrogen-bond acceptors (Lipinski definition) is 6. The third-order valence-electron chi connectivity index (χ3n) is 3.37. The number of hydrogen-bond donors (Lipinski definition) is 3. The van der Waals surface area contributed by atoms with E-state index in [0.717, 1.165) is 16.1 Å². The normalized spacial score (nSPS) is 10.5. The van der Waals surface area contributed by atoms with Crippen molar-refractivity contribution in [1.82, 2.24) is 9.97 Å². The molecule has 0 spiro atoms. The average Bonchev–Trinajstić information content (AvgIpc) is 3.05. The lowest BCUT2D eigenvalue weighted by Gasteiger charge is -2.04. The van der Waals surface area contributed by atoms with Crippen molar-refractivity contribution >= 4 is 23.1 Å². The number of nitrogens with zero attached hydrogens (tertiary/aromatic N) is 2. The van der Waals surface area contributed by atoms with E-state index in [1.807, 2.05) is 29.6 Å². The molecule has 122 valence electrons. The molecule has 3 rings (SSSR count). The van der Waals surface area contributed by atoms with Crippen LogP contribution in [0.2, 0.25) is 0 Å². The van der Waals surface area contributed by atoms with Crippen LogP contribution in [0, 0.1) is 0 Å². The number of pyridine rings is 1. The largest absolute Gasteiger partial charge is 0.504 e. The van der Waals surface area contributed by atoms with E-state index < -0.39 is 0 Å². The Bertz CT molecular complexity index is 846. The van der Waals surface area contributed by atoms with Crippen molar-refractivity contribution in [1.29, 1.82) is 0 Å². The molecule has 0 aliphatic carbocycles. The van der Waals surface area contributed by atoms with Crippen LogP contribution in [0.1, 0.15) is 11.3 Å². The molecule has 3 aromatic rings. The number of amides is 1. The van der Waals surface area contributed by atoms with E-state index in [-0.39, 0.29) is 23.9 Å². The zero-order valence-electron chi connectivity index (χ0n) is 12.8. The summed E-state index contributed by atoms with van der Waals surface area (Å²) in [6, 6.07) is 10.9. The Morgan fingerprint density at radius 2 is 2.04 bits per heavy atom.